The summed E-state index contributed by atoms with van der Waals surface area (Å²) < 4.78 is 24.8. The minimum Gasteiger partial charge on any atom is -0.463 e. The summed E-state index contributed by atoms with van der Waals surface area (Å²) in [4.78, 5) is 12.4. The van der Waals surface area contributed by atoms with Crippen LogP contribution in [0.15, 0.2) is 97.1 Å². The molecular formula is C39H60O5Si2. The van der Waals surface area contributed by atoms with E-state index in [0.29, 0.717) is 6.61 Å². The summed E-state index contributed by atoms with van der Waals surface area (Å²) in [6.45, 7) is 22.5. The predicted octanol–water partition coefficient (Wildman–Crippen LogP) is 8.76. The van der Waals surface area contributed by atoms with Crippen molar-refractivity contribution in [1.82, 2.24) is 0 Å². The van der Waals surface area contributed by atoms with Gasteiger partial charge in [-0.1, -0.05) is 127 Å². The van der Waals surface area contributed by atoms with Gasteiger partial charge in [-0.15, -0.1) is 0 Å². The van der Waals surface area contributed by atoms with E-state index in [1.807, 2.05) is 24.3 Å². The lowest BCUT2D eigenvalue weighted by molar-refractivity contribution is -0.137. The van der Waals surface area contributed by atoms with Gasteiger partial charge in [-0.3, -0.25) is 0 Å². The van der Waals surface area contributed by atoms with Gasteiger partial charge in [0, 0.05) is 19.3 Å². The molecule has 0 spiro atoms. The number of ether oxygens (including phenoxy) is 2. The second-order valence-corrected chi connectivity index (χ2v) is 23.5. The van der Waals surface area contributed by atoms with Crippen LogP contribution in [-0.4, -0.2) is 54.6 Å². The van der Waals surface area contributed by atoms with Gasteiger partial charge in [0.05, 0.1) is 18.8 Å². The van der Waals surface area contributed by atoms with Crippen molar-refractivity contribution in [2.75, 3.05) is 13.7 Å². The van der Waals surface area contributed by atoms with Crippen LogP contribution < -0.4 is 10.4 Å². The molecule has 0 radical (unpaired) electrons. The van der Waals surface area contributed by atoms with Crippen LogP contribution in [0, 0.1) is 0 Å². The van der Waals surface area contributed by atoms with E-state index in [1.165, 1.54) is 16.4 Å². The van der Waals surface area contributed by atoms with Gasteiger partial charge in [0.1, 0.15) is 0 Å². The second-order valence-electron chi connectivity index (χ2n) is 14.5. The van der Waals surface area contributed by atoms with Gasteiger partial charge in [-0.05, 0) is 72.7 Å². The highest BCUT2D eigenvalue weighted by Gasteiger charge is 2.51. The SMILES string of the molecule is CCOC(=O)/C=C/[C@H](/C=C\[C@H](/C=C\CCC[C@H](C)O[Si](C)(C)C(C)(C)C)OC)O[Si](c1ccccc1)(c1ccccc1)C(C)(C)C. The van der Waals surface area contributed by atoms with Gasteiger partial charge >= 0.3 is 5.97 Å². The summed E-state index contributed by atoms with van der Waals surface area (Å²) in [5, 5.41) is 2.34. The summed E-state index contributed by atoms with van der Waals surface area (Å²) in [6.07, 6.45) is 14.1. The van der Waals surface area contributed by atoms with E-state index in [-0.39, 0.29) is 28.3 Å². The molecular weight excluding hydrogens is 605 g/mol. The first-order valence-electron chi connectivity index (χ1n) is 16.8. The van der Waals surface area contributed by atoms with Gasteiger partial charge in [-0.2, -0.15) is 0 Å². The molecule has 7 heteroatoms. The quantitative estimate of drug-likeness (QED) is 0.0557. The summed E-state index contributed by atoms with van der Waals surface area (Å²) >= 11 is 0. The lowest BCUT2D eigenvalue weighted by Crippen LogP contribution is -2.67. The Bertz CT molecular complexity index is 1220. The number of hydrogen-bond donors (Lipinski definition) is 0. The largest absolute Gasteiger partial charge is 0.463 e. The highest BCUT2D eigenvalue weighted by atomic mass is 28.4. The zero-order valence-corrected chi connectivity index (χ0v) is 32.3. The van der Waals surface area contributed by atoms with Crippen molar-refractivity contribution in [3.63, 3.8) is 0 Å². The number of carbonyl (C=O) groups excluding carboxylic acids is 1. The Kier molecular flexibility index (Phi) is 15.6. The zero-order chi connectivity index (χ0) is 34.4. The molecule has 0 bridgehead atoms. The van der Waals surface area contributed by atoms with Gasteiger partial charge in [0.2, 0.25) is 0 Å². The molecule has 0 unspecified atom stereocenters. The van der Waals surface area contributed by atoms with E-state index in [1.54, 1.807) is 20.1 Å². The molecule has 2 aromatic carbocycles. The van der Waals surface area contributed by atoms with Crippen molar-refractivity contribution in [1.29, 1.82) is 0 Å². The maximum absolute atomic E-state index is 12.4. The van der Waals surface area contributed by atoms with Crippen LogP contribution in [0.1, 0.15) is 74.7 Å². The van der Waals surface area contributed by atoms with E-state index in [0.717, 1.165) is 19.3 Å². The van der Waals surface area contributed by atoms with Gasteiger partial charge in [0.25, 0.3) is 8.32 Å². The molecule has 2 aromatic rings. The number of allylic oxidation sites excluding steroid dienone is 1. The van der Waals surface area contributed by atoms with Gasteiger partial charge in [-0.25, -0.2) is 4.79 Å². The predicted molar refractivity (Wildman–Crippen MR) is 199 cm³/mol. The fourth-order valence-corrected chi connectivity index (χ4v) is 11.4. The average molecular weight is 665 g/mol. The monoisotopic (exact) mass is 664 g/mol. The average Bonchev–Trinajstić information content (AvgIpc) is 2.99. The summed E-state index contributed by atoms with van der Waals surface area (Å²) in [6, 6.07) is 21.0. The van der Waals surface area contributed by atoms with E-state index in [4.69, 9.17) is 18.3 Å². The minimum absolute atomic E-state index is 0.212. The Morgan fingerprint density at radius 1 is 0.783 bits per heavy atom. The Hall–Kier alpha value is -2.56. The first-order valence-corrected chi connectivity index (χ1v) is 21.6. The summed E-state index contributed by atoms with van der Waals surface area (Å²) in [5.41, 5.74) is 0. The molecule has 0 N–H and O–H groups in total. The first kappa shape index (κ1) is 39.6. The lowest BCUT2D eigenvalue weighted by Gasteiger charge is -2.44. The van der Waals surface area contributed by atoms with E-state index < -0.39 is 22.7 Å². The second kappa shape index (κ2) is 18.1. The number of unbranched alkanes of at least 4 members (excludes halogenated alkanes) is 1. The molecule has 0 aliphatic heterocycles. The van der Waals surface area contributed by atoms with Crippen LogP contribution in [0.25, 0.3) is 0 Å². The van der Waals surface area contributed by atoms with Crippen LogP contribution in [0.4, 0.5) is 0 Å². The van der Waals surface area contributed by atoms with E-state index in [2.05, 4.69) is 122 Å². The van der Waals surface area contributed by atoms with Gasteiger partial charge < -0.3 is 18.3 Å². The molecule has 5 nitrogen and oxygen atoms in total. The molecule has 0 aromatic heterocycles. The Balaban J connectivity index is 2.32. The van der Waals surface area contributed by atoms with Crippen molar-refractivity contribution < 1.29 is 23.1 Å². The minimum atomic E-state index is -2.88. The summed E-state index contributed by atoms with van der Waals surface area (Å²) in [5.74, 6) is -0.387. The van der Waals surface area contributed by atoms with Gasteiger partial charge in [0.15, 0.2) is 8.32 Å². The fourth-order valence-electron chi connectivity index (χ4n) is 5.33. The van der Waals surface area contributed by atoms with Crippen molar-refractivity contribution in [3.8, 4) is 0 Å². The standard InChI is InChI=1S/C39H60O5Si2/c1-12-42-37(40)31-30-34(29-28-33(41-9)23-17-13-16-22-32(2)43-45(10,11)38(3,4)5)44-46(39(6,7)8,35-24-18-14-19-25-35)36-26-20-15-21-27-36/h14-15,17-21,23-34H,12-13,16,22H2,1-11H3/b23-17-,29-28-,31-30+/t32-,33-,34-/m0/s1. The van der Waals surface area contributed by atoms with Crippen molar-refractivity contribution in [3.05, 3.63) is 97.1 Å². The highest BCUT2D eigenvalue weighted by Crippen LogP contribution is 2.39. The maximum atomic E-state index is 12.4. The third kappa shape index (κ3) is 11.6. The zero-order valence-electron chi connectivity index (χ0n) is 30.3. The molecule has 3 atom stereocenters. The molecule has 0 fully saturated rings. The molecule has 254 valence electrons. The van der Waals surface area contributed by atoms with Crippen LogP contribution >= 0.6 is 0 Å². The molecule has 2 rings (SSSR count). The number of hydrogen-bond acceptors (Lipinski definition) is 5. The number of carbonyl (C=O) groups is 1. The normalized spacial score (nSPS) is 15.5. The smallest absolute Gasteiger partial charge is 0.330 e. The fraction of sp³-hybridized carbons (Fsp3) is 0.513. The topological polar surface area (TPSA) is 54.0 Å². The van der Waals surface area contributed by atoms with E-state index >= 15 is 0 Å². The van der Waals surface area contributed by atoms with E-state index in [9.17, 15) is 4.79 Å². The Morgan fingerprint density at radius 2 is 1.33 bits per heavy atom. The van der Waals surface area contributed by atoms with Crippen molar-refractivity contribution in [2.45, 2.75) is 116 Å². The highest BCUT2D eigenvalue weighted by molar-refractivity contribution is 6.99. The number of rotatable bonds is 17. The van der Waals surface area contributed by atoms with Crippen molar-refractivity contribution >= 4 is 33.0 Å². The molecule has 0 saturated carbocycles. The molecule has 0 aliphatic carbocycles. The number of esters is 1. The third-order valence-corrected chi connectivity index (χ3v) is 18.4. The number of methoxy groups -OCH3 is 1. The maximum Gasteiger partial charge on any atom is 0.330 e. The molecule has 0 aliphatic rings. The Morgan fingerprint density at radius 3 is 1.80 bits per heavy atom. The van der Waals surface area contributed by atoms with Crippen molar-refractivity contribution in [2.24, 2.45) is 0 Å². The third-order valence-electron chi connectivity index (χ3n) is 8.81. The van der Waals surface area contributed by atoms with Crippen LogP contribution in [-0.2, 0) is 23.1 Å². The molecule has 0 amide bonds. The first-order chi connectivity index (χ1) is 21.6. The molecule has 46 heavy (non-hydrogen) atoms. The summed E-state index contributed by atoms with van der Waals surface area (Å²) in [7, 11) is -2.94. The van der Waals surface area contributed by atoms with Crippen LogP contribution in [0.3, 0.4) is 0 Å². The Labute approximate surface area is 282 Å². The molecule has 0 saturated heterocycles. The number of benzene rings is 2. The van der Waals surface area contributed by atoms with Crippen LogP contribution in [0.2, 0.25) is 23.2 Å². The lowest BCUT2D eigenvalue weighted by atomic mass is 10.1. The molecule has 0 heterocycles. The van der Waals surface area contributed by atoms with Crippen LogP contribution in [0.5, 0.6) is 0 Å².